The molecular formula is C24H24F2N6O2. The van der Waals surface area contributed by atoms with Crippen LogP contribution in [0.4, 0.5) is 14.5 Å². The monoisotopic (exact) mass is 466 g/mol. The maximum absolute atomic E-state index is 13.8. The van der Waals surface area contributed by atoms with Crippen LogP contribution in [0.1, 0.15) is 32.2 Å². The van der Waals surface area contributed by atoms with Crippen LogP contribution >= 0.6 is 0 Å². The first-order valence-corrected chi connectivity index (χ1v) is 11.5. The molecule has 3 aliphatic rings. The Morgan fingerprint density at radius 3 is 2.79 bits per heavy atom. The summed E-state index contributed by atoms with van der Waals surface area (Å²) in [6.45, 7) is 2.10. The maximum atomic E-state index is 13.8. The predicted octanol–water partition coefficient (Wildman–Crippen LogP) is 3.70. The molecule has 0 radical (unpaired) electrons. The topological polar surface area (TPSA) is 88.4 Å². The number of ether oxygens (including phenoxy) is 1. The van der Waals surface area contributed by atoms with Crippen molar-refractivity contribution < 1.29 is 18.3 Å². The van der Waals surface area contributed by atoms with Gasteiger partial charge in [0.15, 0.2) is 0 Å². The molecule has 5 heterocycles. The fourth-order valence-corrected chi connectivity index (χ4v) is 5.56. The lowest BCUT2D eigenvalue weighted by Gasteiger charge is -2.29. The number of halogens is 2. The summed E-state index contributed by atoms with van der Waals surface area (Å²) in [6.07, 6.45) is 8.36. The van der Waals surface area contributed by atoms with Gasteiger partial charge >= 0.3 is 0 Å². The zero-order valence-electron chi connectivity index (χ0n) is 18.7. The van der Waals surface area contributed by atoms with Gasteiger partial charge in [-0.3, -0.25) is 9.48 Å². The summed E-state index contributed by atoms with van der Waals surface area (Å²) >= 11 is 0. The first-order valence-electron chi connectivity index (χ1n) is 11.5. The number of nitriles is 1. The van der Waals surface area contributed by atoms with E-state index in [9.17, 15) is 18.8 Å². The molecule has 1 unspecified atom stereocenters. The molecule has 34 heavy (non-hydrogen) atoms. The minimum absolute atomic E-state index is 0.0609. The van der Waals surface area contributed by atoms with E-state index in [4.69, 9.17) is 4.74 Å². The van der Waals surface area contributed by atoms with Crippen molar-refractivity contribution in [2.75, 3.05) is 24.7 Å². The molecule has 3 aromatic rings. The van der Waals surface area contributed by atoms with Crippen molar-refractivity contribution in [1.82, 2.24) is 19.4 Å². The van der Waals surface area contributed by atoms with Crippen molar-refractivity contribution in [3.05, 3.63) is 36.9 Å². The third-order valence-electron chi connectivity index (χ3n) is 7.48. The Kier molecular flexibility index (Phi) is 4.58. The van der Waals surface area contributed by atoms with Crippen molar-refractivity contribution in [3.8, 4) is 17.2 Å². The Balaban J connectivity index is 1.33. The summed E-state index contributed by atoms with van der Waals surface area (Å²) in [5.74, 6) is -2.93. The molecule has 0 bridgehead atoms. The Bertz CT molecular complexity index is 1320. The summed E-state index contributed by atoms with van der Waals surface area (Å²) < 4.78 is 35.8. The largest absolute Gasteiger partial charge is 0.373 e. The van der Waals surface area contributed by atoms with Crippen molar-refractivity contribution in [2.24, 2.45) is 17.3 Å². The number of hydrogen-bond acceptors (Lipinski definition) is 5. The van der Waals surface area contributed by atoms with E-state index in [1.165, 1.54) is 4.68 Å². The number of anilines is 1. The van der Waals surface area contributed by atoms with E-state index in [1.54, 1.807) is 34.1 Å². The van der Waals surface area contributed by atoms with E-state index in [0.29, 0.717) is 12.2 Å². The Hall–Kier alpha value is -3.32. The molecule has 8 nitrogen and oxygen atoms in total. The van der Waals surface area contributed by atoms with Gasteiger partial charge in [-0.1, -0.05) is 6.92 Å². The first kappa shape index (κ1) is 21.2. The Morgan fingerprint density at radius 1 is 1.24 bits per heavy atom. The molecule has 1 aliphatic carbocycles. The van der Waals surface area contributed by atoms with Crippen LogP contribution in [-0.4, -0.2) is 51.0 Å². The molecule has 0 N–H and O–H groups in total. The summed E-state index contributed by atoms with van der Waals surface area (Å²) in [5.41, 5.74) is 2.06. The highest BCUT2D eigenvalue weighted by Crippen LogP contribution is 2.54. The van der Waals surface area contributed by atoms with Crippen LogP contribution in [0.15, 0.2) is 36.9 Å². The van der Waals surface area contributed by atoms with Gasteiger partial charge in [0.25, 0.3) is 5.92 Å². The van der Waals surface area contributed by atoms with Gasteiger partial charge in [0.05, 0.1) is 36.1 Å². The highest BCUT2D eigenvalue weighted by atomic mass is 19.3. The molecule has 2 aliphatic heterocycles. The molecule has 3 fully saturated rings. The number of carbonyl (C=O) groups excluding carboxylic acids is 1. The van der Waals surface area contributed by atoms with Crippen molar-refractivity contribution in [3.63, 3.8) is 0 Å². The number of alkyl halides is 2. The van der Waals surface area contributed by atoms with Crippen molar-refractivity contribution in [2.45, 2.75) is 38.2 Å². The molecule has 3 atom stereocenters. The third-order valence-corrected chi connectivity index (χ3v) is 7.48. The van der Waals surface area contributed by atoms with E-state index in [-0.39, 0.29) is 30.8 Å². The predicted molar refractivity (Wildman–Crippen MR) is 118 cm³/mol. The van der Waals surface area contributed by atoms with E-state index in [0.717, 1.165) is 29.5 Å². The number of amides is 1. The quantitative estimate of drug-likeness (QED) is 0.585. The lowest BCUT2D eigenvalue weighted by molar-refractivity contribution is -0.133. The van der Waals surface area contributed by atoms with Crippen LogP contribution in [0.3, 0.4) is 0 Å². The van der Waals surface area contributed by atoms with Gasteiger partial charge in [-0.05, 0) is 30.9 Å². The summed E-state index contributed by atoms with van der Waals surface area (Å²) in [5, 5.41) is 18.7. The van der Waals surface area contributed by atoms with Gasteiger partial charge in [-0.2, -0.15) is 15.5 Å². The second kappa shape index (κ2) is 7.34. The highest BCUT2D eigenvalue weighted by Gasteiger charge is 2.61. The van der Waals surface area contributed by atoms with Gasteiger partial charge < -0.3 is 9.64 Å². The Morgan fingerprint density at radius 2 is 2.06 bits per heavy atom. The van der Waals surface area contributed by atoms with E-state index in [2.05, 4.69) is 16.3 Å². The summed E-state index contributed by atoms with van der Waals surface area (Å²) in [6, 6.07) is 5.55. The van der Waals surface area contributed by atoms with Gasteiger partial charge in [0, 0.05) is 48.6 Å². The minimum atomic E-state index is -2.86. The van der Waals surface area contributed by atoms with Gasteiger partial charge in [-0.15, -0.1) is 0 Å². The summed E-state index contributed by atoms with van der Waals surface area (Å²) in [7, 11) is 0. The Labute approximate surface area is 194 Å². The van der Waals surface area contributed by atoms with E-state index < -0.39 is 24.0 Å². The second-order valence-corrected chi connectivity index (χ2v) is 9.78. The van der Waals surface area contributed by atoms with Crippen LogP contribution in [-0.2, 0) is 9.53 Å². The molecule has 1 amide bonds. The molecular weight excluding hydrogens is 442 g/mol. The average Bonchev–Trinajstić information content (AvgIpc) is 3.28. The molecule has 2 saturated heterocycles. The number of nitrogens with zero attached hydrogens (tertiary/aromatic N) is 6. The smallest absolute Gasteiger partial charge is 0.273 e. The van der Waals surface area contributed by atoms with Crippen LogP contribution in [0.5, 0.6) is 0 Å². The second-order valence-electron chi connectivity index (χ2n) is 9.78. The average molecular weight is 466 g/mol. The lowest BCUT2D eigenvalue weighted by Crippen LogP contribution is -2.37. The number of hydrogen-bond donors (Lipinski definition) is 0. The van der Waals surface area contributed by atoms with Crippen molar-refractivity contribution in [1.29, 1.82) is 5.26 Å². The number of rotatable bonds is 4. The minimum Gasteiger partial charge on any atom is -0.373 e. The third kappa shape index (κ3) is 3.14. The van der Waals surface area contributed by atoms with Gasteiger partial charge in [0.1, 0.15) is 12.0 Å². The molecule has 0 aromatic carbocycles. The highest BCUT2D eigenvalue weighted by molar-refractivity contribution is 6.05. The van der Waals surface area contributed by atoms with Crippen LogP contribution in [0.25, 0.3) is 16.6 Å². The van der Waals surface area contributed by atoms with Crippen molar-refractivity contribution >= 4 is 17.1 Å². The number of carbonyl (C=O) groups is 1. The normalized spacial score (nSPS) is 29.0. The zero-order valence-corrected chi connectivity index (χ0v) is 18.7. The van der Waals surface area contributed by atoms with Crippen LogP contribution in [0, 0.1) is 28.6 Å². The molecule has 3 aromatic heterocycles. The van der Waals surface area contributed by atoms with E-state index >= 15 is 0 Å². The lowest BCUT2D eigenvalue weighted by atomic mass is 9.75. The molecule has 10 heteroatoms. The fraction of sp³-hybridized carbons (Fsp3) is 0.500. The SMILES string of the molecule is C[C@@H]1CN(c2ccnn3cc(-c4cnn(C5COCC(F)(F)C5)c4)cc23)C(=O)[C@]1(C#N)C1CC1. The standard InChI is InChI=1S/C24H24F2N6O2/c1-15-9-30(22(33)24(15,13-27)18-2-3-18)20-4-5-28-32-10-16(6-21(20)32)17-8-29-31(11-17)19-7-23(25,26)14-34-12-19/h4-6,8,10-11,15,18-19H,2-3,7,9,12,14H2,1H3/t15-,19?,24+/m1/s1. The van der Waals surface area contributed by atoms with Gasteiger partial charge in [-0.25, -0.2) is 13.3 Å². The molecule has 0 spiro atoms. The maximum Gasteiger partial charge on any atom is 0.273 e. The molecule has 176 valence electrons. The number of fused-ring (bicyclic) bond motifs is 1. The molecule has 6 rings (SSSR count). The van der Waals surface area contributed by atoms with E-state index in [1.807, 2.05) is 19.2 Å². The first-order chi connectivity index (χ1) is 16.3. The van der Waals surface area contributed by atoms with Crippen LogP contribution in [0.2, 0.25) is 0 Å². The molecule has 1 saturated carbocycles. The summed E-state index contributed by atoms with van der Waals surface area (Å²) in [4.78, 5) is 15.2. The van der Waals surface area contributed by atoms with Crippen LogP contribution < -0.4 is 4.90 Å². The number of aromatic nitrogens is 4. The zero-order chi connectivity index (χ0) is 23.7. The fourth-order valence-electron chi connectivity index (χ4n) is 5.56. The van der Waals surface area contributed by atoms with Gasteiger partial charge in [0.2, 0.25) is 5.91 Å².